The number of carbonyl (C=O) groups is 1. The van der Waals surface area contributed by atoms with Crippen LogP contribution in [0.1, 0.15) is 15.9 Å². The van der Waals surface area contributed by atoms with Gasteiger partial charge in [0.05, 0.1) is 23.5 Å². The van der Waals surface area contributed by atoms with E-state index in [1.165, 1.54) is 17.4 Å². The SMILES string of the molecule is CN(C(=O)c1ccoc1)c1cccc(C#N)c1. The number of amides is 1. The third-order valence-corrected chi connectivity index (χ3v) is 2.44. The summed E-state index contributed by atoms with van der Waals surface area (Å²) in [5.41, 5.74) is 1.68. The molecule has 0 unspecified atom stereocenters. The number of hydrogen-bond donors (Lipinski definition) is 0. The van der Waals surface area contributed by atoms with Crippen LogP contribution in [0, 0.1) is 11.3 Å². The number of nitriles is 1. The van der Waals surface area contributed by atoms with Crippen molar-refractivity contribution in [2.75, 3.05) is 11.9 Å². The Morgan fingerprint density at radius 3 is 2.88 bits per heavy atom. The fourth-order valence-corrected chi connectivity index (χ4v) is 1.48. The standard InChI is InChI=1S/C13H10N2O2/c1-15(13(16)11-5-6-17-9-11)12-4-2-3-10(7-12)8-14/h2-7,9H,1H3. The zero-order valence-electron chi connectivity index (χ0n) is 9.25. The van der Waals surface area contributed by atoms with Crippen molar-refractivity contribution < 1.29 is 9.21 Å². The highest BCUT2D eigenvalue weighted by atomic mass is 16.3. The van der Waals surface area contributed by atoms with Crippen LogP contribution < -0.4 is 4.90 Å². The van der Waals surface area contributed by atoms with E-state index in [0.717, 1.165) is 0 Å². The van der Waals surface area contributed by atoms with Gasteiger partial charge >= 0.3 is 0 Å². The molecule has 0 atom stereocenters. The van der Waals surface area contributed by atoms with E-state index < -0.39 is 0 Å². The molecule has 4 heteroatoms. The predicted molar refractivity (Wildman–Crippen MR) is 62.6 cm³/mol. The molecule has 0 N–H and O–H groups in total. The quantitative estimate of drug-likeness (QED) is 0.790. The van der Waals surface area contributed by atoms with Gasteiger partial charge in [-0.15, -0.1) is 0 Å². The van der Waals surface area contributed by atoms with Gasteiger partial charge in [0.1, 0.15) is 6.26 Å². The van der Waals surface area contributed by atoms with Crippen LogP contribution in [0.25, 0.3) is 0 Å². The van der Waals surface area contributed by atoms with E-state index in [9.17, 15) is 4.79 Å². The molecule has 1 amide bonds. The maximum atomic E-state index is 12.0. The van der Waals surface area contributed by atoms with Crippen LogP contribution in [-0.2, 0) is 0 Å². The molecule has 0 bridgehead atoms. The Labute approximate surface area is 98.7 Å². The molecule has 0 radical (unpaired) electrons. The Hall–Kier alpha value is -2.54. The predicted octanol–water partition coefficient (Wildman–Crippen LogP) is 2.43. The molecule has 84 valence electrons. The van der Waals surface area contributed by atoms with Crippen molar-refractivity contribution in [1.29, 1.82) is 5.26 Å². The van der Waals surface area contributed by atoms with Gasteiger partial charge in [0, 0.05) is 12.7 Å². The second-order valence-corrected chi connectivity index (χ2v) is 3.54. The lowest BCUT2D eigenvalue weighted by molar-refractivity contribution is 0.0992. The fourth-order valence-electron chi connectivity index (χ4n) is 1.48. The number of furan rings is 1. The first-order valence-corrected chi connectivity index (χ1v) is 5.03. The van der Waals surface area contributed by atoms with Crippen molar-refractivity contribution in [1.82, 2.24) is 0 Å². The van der Waals surface area contributed by atoms with Crippen molar-refractivity contribution in [2.45, 2.75) is 0 Å². The molecule has 1 aromatic heterocycles. The molecule has 0 saturated carbocycles. The molecule has 1 heterocycles. The third-order valence-electron chi connectivity index (χ3n) is 2.44. The Morgan fingerprint density at radius 2 is 2.24 bits per heavy atom. The van der Waals surface area contributed by atoms with Gasteiger partial charge in [-0.1, -0.05) is 6.07 Å². The average molecular weight is 226 g/mol. The summed E-state index contributed by atoms with van der Waals surface area (Å²) in [6, 6.07) is 10.5. The third kappa shape index (κ3) is 2.18. The molecule has 4 nitrogen and oxygen atoms in total. The molecule has 1 aromatic carbocycles. The van der Waals surface area contributed by atoms with Crippen LogP contribution in [0.4, 0.5) is 5.69 Å². The summed E-state index contributed by atoms with van der Waals surface area (Å²) in [7, 11) is 1.66. The maximum Gasteiger partial charge on any atom is 0.261 e. The first-order valence-electron chi connectivity index (χ1n) is 5.03. The van der Waals surface area contributed by atoms with Gasteiger partial charge in [-0.3, -0.25) is 4.79 Å². The highest BCUT2D eigenvalue weighted by Gasteiger charge is 2.14. The minimum absolute atomic E-state index is 0.172. The largest absolute Gasteiger partial charge is 0.472 e. The van der Waals surface area contributed by atoms with E-state index in [0.29, 0.717) is 16.8 Å². The zero-order chi connectivity index (χ0) is 12.3. The van der Waals surface area contributed by atoms with Gasteiger partial charge in [0.25, 0.3) is 5.91 Å². The normalized spacial score (nSPS) is 9.65. The Kier molecular flexibility index (Phi) is 2.93. The topological polar surface area (TPSA) is 57.2 Å². The smallest absolute Gasteiger partial charge is 0.261 e. The molecular formula is C13H10N2O2. The van der Waals surface area contributed by atoms with Crippen LogP contribution in [0.3, 0.4) is 0 Å². The first-order chi connectivity index (χ1) is 8.22. The molecule has 2 rings (SSSR count). The number of anilines is 1. The van der Waals surface area contributed by atoms with Crippen molar-refractivity contribution in [2.24, 2.45) is 0 Å². The number of benzene rings is 1. The average Bonchev–Trinajstić information content (AvgIpc) is 2.91. The summed E-state index contributed by atoms with van der Waals surface area (Å²) >= 11 is 0. The second-order valence-electron chi connectivity index (χ2n) is 3.54. The first kappa shape index (κ1) is 11.0. The Balaban J connectivity index is 2.28. The number of hydrogen-bond acceptors (Lipinski definition) is 3. The lowest BCUT2D eigenvalue weighted by atomic mass is 10.2. The molecule has 0 spiro atoms. The molecule has 17 heavy (non-hydrogen) atoms. The Bertz CT molecular complexity index is 567. The van der Waals surface area contributed by atoms with Gasteiger partial charge in [-0.05, 0) is 24.3 Å². The van der Waals surface area contributed by atoms with E-state index in [4.69, 9.17) is 9.68 Å². The molecule has 0 aliphatic rings. The van der Waals surface area contributed by atoms with Crippen LogP contribution in [0.2, 0.25) is 0 Å². The van der Waals surface area contributed by atoms with Gasteiger partial charge in [-0.2, -0.15) is 5.26 Å². The number of nitrogens with zero attached hydrogens (tertiary/aromatic N) is 2. The van der Waals surface area contributed by atoms with E-state index in [1.807, 2.05) is 6.07 Å². The van der Waals surface area contributed by atoms with Crippen molar-refractivity contribution in [3.8, 4) is 6.07 Å². The van der Waals surface area contributed by atoms with Gasteiger partial charge in [0.15, 0.2) is 0 Å². The van der Waals surface area contributed by atoms with Crippen molar-refractivity contribution >= 4 is 11.6 Å². The summed E-state index contributed by atoms with van der Waals surface area (Å²) in [5.74, 6) is -0.172. The fraction of sp³-hybridized carbons (Fsp3) is 0.0769. The summed E-state index contributed by atoms with van der Waals surface area (Å²) in [4.78, 5) is 13.5. The van der Waals surface area contributed by atoms with Gasteiger partial charge < -0.3 is 9.32 Å². The van der Waals surface area contributed by atoms with Crippen LogP contribution in [0.5, 0.6) is 0 Å². The van der Waals surface area contributed by atoms with Crippen LogP contribution >= 0.6 is 0 Å². The van der Waals surface area contributed by atoms with E-state index in [2.05, 4.69) is 0 Å². The van der Waals surface area contributed by atoms with E-state index >= 15 is 0 Å². The van der Waals surface area contributed by atoms with Crippen molar-refractivity contribution in [3.05, 3.63) is 54.0 Å². The minimum Gasteiger partial charge on any atom is -0.472 e. The van der Waals surface area contributed by atoms with E-state index in [1.54, 1.807) is 37.4 Å². The molecule has 0 fully saturated rings. The summed E-state index contributed by atoms with van der Waals surface area (Å²) in [6.07, 6.45) is 2.85. The van der Waals surface area contributed by atoms with Crippen molar-refractivity contribution in [3.63, 3.8) is 0 Å². The van der Waals surface area contributed by atoms with E-state index in [-0.39, 0.29) is 5.91 Å². The zero-order valence-corrected chi connectivity index (χ0v) is 9.25. The molecule has 0 aliphatic carbocycles. The molecule has 2 aromatic rings. The lowest BCUT2D eigenvalue weighted by Gasteiger charge is -2.16. The maximum absolute atomic E-state index is 12.0. The van der Waals surface area contributed by atoms with Gasteiger partial charge in [-0.25, -0.2) is 0 Å². The summed E-state index contributed by atoms with van der Waals surface area (Å²) in [6.45, 7) is 0. The van der Waals surface area contributed by atoms with Crippen LogP contribution in [0.15, 0.2) is 47.3 Å². The van der Waals surface area contributed by atoms with Crippen LogP contribution in [-0.4, -0.2) is 13.0 Å². The number of rotatable bonds is 2. The molecule has 0 saturated heterocycles. The number of carbonyl (C=O) groups excluding carboxylic acids is 1. The summed E-state index contributed by atoms with van der Waals surface area (Å²) < 4.78 is 4.87. The highest BCUT2D eigenvalue weighted by Crippen LogP contribution is 2.17. The second kappa shape index (κ2) is 4.54. The minimum atomic E-state index is -0.172. The summed E-state index contributed by atoms with van der Waals surface area (Å²) in [5, 5.41) is 8.80. The lowest BCUT2D eigenvalue weighted by Crippen LogP contribution is -2.25. The monoisotopic (exact) mass is 226 g/mol. The molecular weight excluding hydrogens is 216 g/mol. The van der Waals surface area contributed by atoms with Gasteiger partial charge in [0.2, 0.25) is 0 Å². The highest BCUT2D eigenvalue weighted by molar-refractivity contribution is 6.05. The molecule has 0 aliphatic heterocycles. The Morgan fingerprint density at radius 1 is 1.41 bits per heavy atom.